The smallest absolute Gasteiger partial charge is 0.276 e. The summed E-state index contributed by atoms with van der Waals surface area (Å²) in [6.07, 6.45) is 0.712. The highest BCUT2D eigenvalue weighted by atomic mass is 16.5. The minimum Gasteiger partial charge on any atom is -0.483 e. The molecule has 0 aliphatic carbocycles. The lowest BCUT2D eigenvalue weighted by Crippen LogP contribution is -2.45. The summed E-state index contributed by atoms with van der Waals surface area (Å²) in [5.41, 5.74) is 6.64. The highest BCUT2D eigenvalue weighted by Crippen LogP contribution is 2.21. The molecule has 2 amide bonds. The number of rotatable bonds is 7. The van der Waals surface area contributed by atoms with Gasteiger partial charge in [-0.1, -0.05) is 48.5 Å². The second kappa shape index (κ2) is 9.32. The van der Waals surface area contributed by atoms with Crippen LogP contribution in [0.5, 0.6) is 5.75 Å². The molecule has 6 heteroatoms. The first-order valence-corrected chi connectivity index (χ1v) is 7.50. The zero-order valence-electron chi connectivity index (χ0n) is 13.5. The van der Waals surface area contributed by atoms with Crippen LogP contribution < -0.4 is 15.6 Å². The SMILES string of the molecule is COCC(=O)NNC(=O)COc1ccccc1Cc1ccccc1. The Morgan fingerprint density at radius 3 is 2.21 bits per heavy atom. The summed E-state index contributed by atoms with van der Waals surface area (Å²) in [4.78, 5) is 22.9. The van der Waals surface area contributed by atoms with Gasteiger partial charge in [0.25, 0.3) is 11.8 Å². The van der Waals surface area contributed by atoms with Gasteiger partial charge in [-0.15, -0.1) is 0 Å². The Bertz CT molecular complexity index is 674. The number of carbonyl (C=O) groups excluding carboxylic acids is 2. The van der Waals surface area contributed by atoms with E-state index >= 15 is 0 Å². The molecule has 0 saturated carbocycles. The van der Waals surface area contributed by atoms with Crippen molar-refractivity contribution in [1.82, 2.24) is 10.9 Å². The first kappa shape index (κ1) is 17.5. The molecule has 0 fully saturated rings. The Labute approximate surface area is 140 Å². The number of methoxy groups -OCH3 is 1. The summed E-state index contributed by atoms with van der Waals surface area (Å²) in [5, 5.41) is 0. The maximum Gasteiger partial charge on any atom is 0.276 e. The number of hydrazine groups is 1. The van der Waals surface area contributed by atoms with Crippen molar-refractivity contribution in [3.8, 4) is 5.75 Å². The molecule has 0 unspecified atom stereocenters. The van der Waals surface area contributed by atoms with Crippen LogP contribution in [0.1, 0.15) is 11.1 Å². The van der Waals surface area contributed by atoms with Gasteiger partial charge in [0.2, 0.25) is 0 Å². The summed E-state index contributed by atoms with van der Waals surface area (Å²) < 4.78 is 10.2. The molecule has 0 atom stereocenters. The van der Waals surface area contributed by atoms with Crippen LogP contribution in [0.2, 0.25) is 0 Å². The average molecular weight is 328 g/mol. The molecule has 0 heterocycles. The van der Waals surface area contributed by atoms with Crippen molar-refractivity contribution < 1.29 is 19.1 Å². The molecule has 2 aromatic rings. The van der Waals surface area contributed by atoms with E-state index in [0.717, 1.165) is 11.1 Å². The van der Waals surface area contributed by atoms with Gasteiger partial charge >= 0.3 is 0 Å². The number of hydrogen-bond acceptors (Lipinski definition) is 4. The first-order chi connectivity index (χ1) is 11.7. The van der Waals surface area contributed by atoms with Crippen LogP contribution in [0, 0.1) is 0 Å². The molecule has 6 nitrogen and oxygen atoms in total. The topological polar surface area (TPSA) is 76.7 Å². The van der Waals surface area contributed by atoms with Crippen LogP contribution >= 0.6 is 0 Å². The predicted octanol–water partition coefficient (Wildman–Crippen LogP) is 1.45. The predicted molar refractivity (Wildman–Crippen MR) is 89.3 cm³/mol. The van der Waals surface area contributed by atoms with Gasteiger partial charge in [-0.2, -0.15) is 0 Å². The molecule has 0 spiro atoms. The van der Waals surface area contributed by atoms with Gasteiger partial charge in [-0.25, -0.2) is 0 Å². The van der Waals surface area contributed by atoms with Gasteiger partial charge in [0.05, 0.1) is 0 Å². The van der Waals surface area contributed by atoms with E-state index in [2.05, 4.69) is 15.6 Å². The number of amides is 2. The van der Waals surface area contributed by atoms with Crippen molar-refractivity contribution in [1.29, 1.82) is 0 Å². The highest BCUT2D eigenvalue weighted by Gasteiger charge is 2.08. The fourth-order valence-electron chi connectivity index (χ4n) is 2.09. The second-order valence-electron chi connectivity index (χ2n) is 5.09. The van der Waals surface area contributed by atoms with E-state index in [1.807, 2.05) is 54.6 Å². The summed E-state index contributed by atoms with van der Waals surface area (Å²) in [6.45, 7) is -0.319. The third-order valence-electron chi connectivity index (χ3n) is 3.19. The van der Waals surface area contributed by atoms with Crippen molar-refractivity contribution in [2.75, 3.05) is 20.3 Å². The third kappa shape index (κ3) is 5.73. The normalized spacial score (nSPS) is 10.0. The number of nitrogens with one attached hydrogen (secondary N) is 2. The average Bonchev–Trinajstić information content (AvgIpc) is 2.60. The third-order valence-corrected chi connectivity index (χ3v) is 3.19. The number of para-hydroxylation sites is 1. The van der Waals surface area contributed by atoms with Gasteiger partial charge in [-0.3, -0.25) is 20.4 Å². The maximum absolute atomic E-state index is 11.7. The molecule has 2 N–H and O–H groups in total. The molecule has 0 saturated heterocycles. The standard InChI is InChI=1S/C18H20N2O4/c1-23-12-17(21)19-20-18(22)13-24-16-10-6-5-9-15(16)11-14-7-3-2-4-8-14/h2-10H,11-13H2,1H3,(H,19,21)(H,20,22). The monoisotopic (exact) mass is 328 g/mol. The molecule has 0 aliphatic rings. The Morgan fingerprint density at radius 1 is 0.875 bits per heavy atom. The van der Waals surface area contributed by atoms with E-state index in [0.29, 0.717) is 12.2 Å². The van der Waals surface area contributed by atoms with Gasteiger partial charge in [0.1, 0.15) is 12.4 Å². The summed E-state index contributed by atoms with van der Waals surface area (Å²) >= 11 is 0. The zero-order chi connectivity index (χ0) is 17.2. The number of ether oxygens (including phenoxy) is 2. The van der Waals surface area contributed by atoms with Gasteiger partial charge in [-0.05, 0) is 17.2 Å². The summed E-state index contributed by atoms with van der Waals surface area (Å²) in [5.74, 6) is -0.246. The van der Waals surface area contributed by atoms with Gasteiger partial charge in [0.15, 0.2) is 6.61 Å². The van der Waals surface area contributed by atoms with Crippen molar-refractivity contribution in [2.45, 2.75) is 6.42 Å². The lowest BCUT2D eigenvalue weighted by molar-refractivity contribution is -0.131. The van der Waals surface area contributed by atoms with E-state index in [9.17, 15) is 9.59 Å². The van der Waals surface area contributed by atoms with Crippen LogP contribution in [0.3, 0.4) is 0 Å². The lowest BCUT2D eigenvalue weighted by Gasteiger charge is -2.12. The van der Waals surface area contributed by atoms with Gasteiger partial charge < -0.3 is 9.47 Å². The molecule has 0 bridgehead atoms. The largest absolute Gasteiger partial charge is 0.483 e. The first-order valence-electron chi connectivity index (χ1n) is 7.50. The van der Waals surface area contributed by atoms with E-state index < -0.39 is 11.8 Å². The van der Waals surface area contributed by atoms with Crippen LogP contribution in [-0.2, 0) is 20.7 Å². The van der Waals surface area contributed by atoms with Crippen LogP contribution in [0.25, 0.3) is 0 Å². The maximum atomic E-state index is 11.7. The Balaban J connectivity index is 1.88. The summed E-state index contributed by atoms with van der Waals surface area (Å²) in [6, 6.07) is 17.6. The molecule has 2 aromatic carbocycles. The van der Waals surface area contributed by atoms with E-state index in [1.165, 1.54) is 7.11 Å². The van der Waals surface area contributed by atoms with Crippen molar-refractivity contribution in [3.05, 3.63) is 65.7 Å². The highest BCUT2D eigenvalue weighted by molar-refractivity contribution is 5.83. The number of hydrogen-bond donors (Lipinski definition) is 2. The van der Waals surface area contributed by atoms with E-state index in [1.54, 1.807) is 0 Å². The number of benzene rings is 2. The molecule has 0 aromatic heterocycles. The summed E-state index contributed by atoms with van der Waals surface area (Å²) in [7, 11) is 1.40. The molecule has 0 aliphatic heterocycles. The lowest BCUT2D eigenvalue weighted by atomic mass is 10.0. The van der Waals surface area contributed by atoms with Crippen LogP contribution in [0.4, 0.5) is 0 Å². The minimum absolute atomic E-state index is 0.124. The van der Waals surface area contributed by atoms with Crippen LogP contribution in [0.15, 0.2) is 54.6 Å². The van der Waals surface area contributed by atoms with Crippen molar-refractivity contribution in [3.63, 3.8) is 0 Å². The Kier molecular flexibility index (Phi) is 6.79. The van der Waals surface area contributed by atoms with Crippen molar-refractivity contribution in [2.24, 2.45) is 0 Å². The number of carbonyl (C=O) groups is 2. The Morgan fingerprint density at radius 2 is 1.50 bits per heavy atom. The van der Waals surface area contributed by atoms with Crippen molar-refractivity contribution >= 4 is 11.8 Å². The molecule has 24 heavy (non-hydrogen) atoms. The zero-order valence-corrected chi connectivity index (χ0v) is 13.5. The fraction of sp³-hybridized carbons (Fsp3) is 0.222. The molecular weight excluding hydrogens is 308 g/mol. The quantitative estimate of drug-likeness (QED) is 0.754. The van der Waals surface area contributed by atoms with Gasteiger partial charge in [0, 0.05) is 13.5 Å². The van der Waals surface area contributed by atoms with Crippen LogP contribution in [-0.4, -0.2) is 32.1 Å². The second-order valence-corrected chi connectivity index (χ2v) is 5.09. The Hall–Kier alpha value is -2.86. The molecular formula is C18H20N2O4. The molecule has 126 valence electrons. The van der Waals surface area contributed by atoms with E-state index in [4.69, 9.17) is 4.74 Å². The van der Waals surface area contributed by atoms with E-state index in [-0.39, 0.29) is 13.2 Å². The molecule has 0 radical (unpaired) electrons. The molecule has 2 rings (SSSR count). The fourth-order valence-corrected chi connectivity index (χ4v) is 2.09. The minimum atomic E-state index is -0.450.